The minimum atomic E-state index is 0.303. The normalized spacial score (nSPS) is 11.2. The summed E-state index contributed by atoms with van der Waals surface area (Å²) >= 11 is 0. The van der Waals surface area contributed by atoms with E-state index < -0.39 is 0 Å². The molecule has 152 valence electrons. The Bertz CT molecular complexity index is 1110. The van der Waals surface area contributed by atoms with Crippen LogP contribution in [0.15, 0.2) is 61.2 Å². The lowest BCUT2D eigenvalue weighted by atomic mass is 9.98. The number of aryl methyl sites for hydroxylation is 1. The van der Waals surface area contributed by atoms with Crippen molar-refractivity contribution in [3.8, 4) is 22.5 Å². The number of aromatic amines is 1. The van der Waals surface area contributed by atoms with E-state index in [0.29, 0.717) is 11.7 Å². The van der Waals surface area contributed by atoms with E-state index in [9.17, 15) is 0 Å². The lowest BCUT2D eigenvalue weighted by Gasteiger charge is -2.08. The van der Waals surface area contributed by atoms with Gasteiger partial charge in [0.2, 0.25) is 5.82 Å². The zero-order chi connectivity index (χ0) is 20.9. The summed E-state index contributed by atoms with van der Waals surface area (Å²) in [6.07, 6.45) is 3.53. The van der Waals surface area contributed by atoms with Crippen molar-refractivity contribution in [2.75, 3.05) is 0 Å². The molecule has 0 aliphatic carbocycles. The van der Waals surface area contributed by atoms with Crippen LogP contribution in [0.2, 0.25) is 0 Å². The van der Waals surface area contributed by atoms with Crippen LogP contribution in [-0.2, 0) is 13.0 Å². The maximum atomic E-state index is 4.78. The topological polar surface area (TPSA) is 85.2 Å². The van der Waals surface area contributed by atoms with Crippen LogP contribution < -0.4 is 0 Å². The highest BCUT2D eigenvalue weighted by Gasteiger charge is 2.14. The summed E-state index contributed by atoms with van der Waals surface area (Å²) < 4.78 is 2.01. The van der Waals surface area contributed by atoms with Crippen molar-refractivity contribution in [1.29, 1.82) is 0 Å². The van der Waals surface area contributed by atoms with Gasteiger partial charge in [0.1, 0.15) is 5.82 Å². The zero-order valence-corrected chi connectivity index (χ0v) is 17.3. The molecule has 2 aromatic heterocycles. The second-order valence-corrected chi connectivity index (χ2v) is 7.50. The van der Waals surface area contributed by atoms with Gasteiger partial charge in [-0.15, -0.1) is 16.8 Å². The Morgan fingerprint density at radius 3 is 2.50 bits per heavy atom. The lowest BCUT2D eigenvalue weighted by molar-refractivity contribution is 0.584. The number of allylic oxidation sites excluding steroid dienone is 1. The molecule has 0 bridgehead atoms. The molecule has 0 amide bonds. The number of tetrazole rings is 1. The van der Waals surface area contributed by atoms with Gasteiger partial charge in [0.25, 0.3) is 0 Å². The number of hydrogen-bond donors (Lipinski definition) is 1. The van der Waals surface area contributed by atoms with E-state index >= 15 is 0 Å². The largest absolute Gasteiger partial charge is 0.249 e. The summed E-state index contributed by atoms with van der Waals surface area (Å²) in [6.45, 7) is 8.86. The average Bonchev–Trinajstić information content (AvgIpc) is 3.43. The third kappa shape index (κ3) is 4.20. The van der Waals surface area contributed by atoms with E-state index in [-0.39, 0.29) is 0 Å². The maximum absolute atomic E-state index is 4.78. The Morgan fingerprint density at radius 1 is 1.07 bits per heavy atom. The molecule has 0 radical (unpaired) electrons. The van der Waals surface area contributed by atoms with E-state index in [2.05, 4.69) is 76.5 Å². The number of hydrogen-bond acceptors (Lipinski definition) is 5. The SMILES string of the molecule is C=CCCn1nc(C(C)C)nc1Cc1ccc(-c2ccccc2-c2nn[nH]n2)cc1. The molecule has 2 heterocycles. The molecule has 4 rings (SSSR count). The van der Waals surface area contributed by atoms with Gasteiger partial charge in [-0.05, 0) is 28.3 Å². The van der Waals surface area contributed by atoms with Crippen LogP contribution in [0.1, 0.15) is 43.4 Å². The van der Waals surface area contributed by atoms with E-state index in [1.807, 2.05) is 29.0 Å². The summed E-state index contributed by atoms with van der Waals surface area (Å²) in [5, 5.41) is 19.1. The van der Waals surface area contributed by atoms with Crippen LogP contribution >= 0.6 is 0 Å². The van der Waals surface area contributed by atoms with Crippen LogP contribution in [0.25, 0.3) is 22.5 Å². The Labute approximate surface area is 175 Å². The van der Waals surface area contributed by atoms with Gasteiger partial charge in [-0.25, -0.2) is 9.67 Å². The second kappa shape index (κ2) is 8.82. The molecule has 2 aromatic carbocycles. The van der Waals surface area contributed by atoms with E-state index in [4.69, 9.17) is 4.98 Å². The Morgan fingerprint density at radius 2 is 1.83 bits per heavy atom. The smallest absolute Gasteiger partial charge is 0.205 e. The average molecular weight is 400 g/mol. The highest BCUT2D eigenvalue weighted by Crippen LogP contribution is 2.30. The lowest BCUT2D eigenvalue weighted by Crippen LogP contribution is -2.06. The van der Waals surface area contributed by atoms with Crippen molar-refractivity contribution in [1.82, 2.24) is 35.4 Å². The van der Waals surface area contributed by atoms with Crippen molar-refractivity contribution in [2.45, 2.75) is 39.2 Å². The van der Waals surface area contributed by atoms with Crippen LogP contribution in [0.3, 0.4) is 0 Å². The summed E-state index contributed by atoms with van der Waals surface area (Å²) in [5.41, 5.74) is 4.32. The van der Waals surface area contributed by atoms with Crippen LogP contribution in [-0.4, -0.2) is 35.4 Å². The molecule has 0 aliphatic heterocycles. The molecular formula is C23H25N7. The van der Waals surface area contributed by atoms with Gasteiger partial charge >= 0.3 is 0 Å². The Hall–Kier alpha value is -3.61. The van der Waals surface area contributed by atoms with Crippen LogP contribution in [0, 0.1) is 0 Å². The van der Waals surface area contributed by atoms with Crippen LogP contribution in [0.4, 0.5) is 0 Å². The molecule has 4 aromatic rings. The molecule has 0 saturated carbocycles. The molecule has 0 unspecified atom stereocenters. The molecule has 0 saturated heterocycles. The van der Waals surface area contributed by atoms with Gasteiger partial charge in [0.15, 0.2) is 5.82 Å². The standard InChI is InChI=1S/C23H25N7/c1-4-5-14-30-21(24-22(27-30)16(2)3)15-17-10-12-18(13-11-17)19-8-6-7-9-20(19)23-25-28-29-26-23/h4,6-13,16H,1,5,14-15H2,2-3H3,(H,25,26,28,29). The molecule has 7 nitrogen and oxygen atoms in total. The predicted molar refractivity (Wildman–Crippen MR) is 117 cm³/mol. The molecule has 0 spiro atoms. The quantitative estimate of drug-likeness (QED) is 0.444. The molecule has 1 N–H and O–H groups in total. The highest BCUT2D eigenvalue weighted by molar-refractivity contribution is 5.80. The zero-order valence-electron chi connectivity index (χ0n) is 17.3. The monoisotopic (exact) mass is 399 g/mol. The van der Waals surface area contributed by atoms with E-state index in [0.717, 1.165) is 47.7 Å². The van der Waals surface area contributed by atoms with Crippen molar-refractivity contribution in [3.63, 3.8) is 0 Å². The molecule has 0 fully saturated rings. The number of aromatic nitrogens is 7. The van der Waals surface area contributed by atoms with Crippen molar-refractivity contribution in [3.05, 3.63) is 78.4 Å². The first-order chi connectivity index (χ1) is 14.7. The van der Waals surface area contributed by atoms with Gasteiger partial charge in [-0.1, -0.05) is 68.5 Å². The van der Waals surface area contributed by atoms with Gasteiger partial charge in [-0.2, -0.15) is 10.3 Å². The van der Waals surface area contributed by atoms with Gasteiger partial charge < -0.3 is 0 Å². The highest BCUT2D eigenvalue weighted by atomic mass is 15.5. The van der Waals surface area contributed by atoms with Gasteiger partial charge in [0, 0.05) is 24.4 Å². The summed E-state index contributed by atoms with van der Waals surface area (Å²) in [4.78, 5) is 4.78. The van der Waals surface area contributed by atoms with Crippen molar-refractivity contribution >= 4 is 0 Å². The first kappa shape index (κ1) is 19.7. The molecule has 0 atom stereocenters. The number of nitrogens with zero attached hydrogens (tertiary/aromatic N) is 6. The molecule has 7 heteroatoms. The summed E-state index contributed by atoms with van der Waals surface area (Å²) in [7, 11) is 0. The minimum absolute atomic E-state index is 0.303. The molecule has 0 aliphatic rings. The Balaban J connectivity index is 1.59. The van der Waals surface area contributed by atoms with E-state index in [1.54, 1.807) is 0 Å². The Kier molecular flexibility index (Phi) is 5.79. The fourth-order valence-electron chi connectivity index (χ4n) is 3.35. The number of H-pyrrole nitrogens is 1. The number of nitrogens with one attached hydrogen (secondary N) is 1. The fraction of sp³-hybridized carbons (Fsp3) is 0.261. The molecular weight excluding hydrogens is 374 g/mol. The third-order valence-electron chi connectivity index (χ3n) is 4.97. The second-order valence-electron chi connectivity index (χ2n) is 7.50. The van der Waals surface area contributed by atoms with Crippen LogP contribution in [0.5, 0.6) is 0 Å². The summed E-state index contributed by atoms with van der Waals surface area (Å²) in [5.74, 6) is 2.77. The first-order valence-electron chi connectivity index (χ1n) is 10.1. The number of benzene rings is 2. The molecule has 30 heavy (non-hydrogen) atoms. The van der Waals surface area contributed by atoms with Gasteiger partial charge in [0.05, 0.1) is 0 Å². The predicted octanol–water partition coefficient (Wildman–Crippen LogP) is 4.42. The van der Waals surface area contributed by atoms with Crippen molar-refractivity contribution in [2.24, 2.45) is 0 Å². The third-order valence-corrected chi connectivity index (χ3v) is 4.97. The minimum Gasteiger partial charge on any atom is -0.249 e. The van der Waals surface area contributed by atoms with Gasteiger partial charge in [-0.3, -0.25) is 0 Å². The fourth-order valence-corrected chi connectivity index (χ4v) is 3.35. The van der Waals surface area contributed by atoms with Crippen molar-refractivity contribution < 1.29 is 0 Å². The van der Waals surface area contributed by atoms with E-state index in [1.165, 1.54) is 5.56 Å². The maximum Gasteiger partial charge on any atom is 0.205 e. The number of rotatable bonds is 8. The first-order valence-corrected chi connectivity index (χ1v) is 10.1. The summed E-state index contributed by atoms with van der Waals surface area (Å²) in [6, 6.07) is 16.6.